The lowest BCUT2D eigenvalue weighted by molar-refractivity contribution is -0.136. The first kappa shape index (κ1) is 19.7. The Morgan fingerprint density at radius 1 is 1.07 bits per heavy atom. The third-order valence-electron chi connectivity index (χ3n) is 3.87. The first-order valence-electron chi connectivity index (χ1n) is 7.86. The molecule has 0 radical (unpaired) electrons. The number of ether oxygens (including phenoxy) is 3. The van der Waals surface area contributed by atoms with Crippen molar-refractivity contribution >= 4 is 32.6 Å². The highest BCUT2D eigenvalue weighted by Crippen LogP contribution is 2.39. The summed E-state index contributed by atoms with van der Waals surface area (Å²) in [5.74, 6) is 0.287. The van der Waals surface area contributed by atoms with Gasteiger partial charge in [0.05, 0.1) is 37.1 Å². The van der Waals surface area contributed by atoms with E-state index in [1.165, 1.54) is 45.6 Å². The highest BCUT2D eigenvalue weighted by molar-refractivity contribution is 7.22. The largest absolute Gasteiger partial charge is 0.493 e. The molecule has 0 bridgehead atoms. The molecule has 0 aliphatic rings. The standard InChI is InChI=1S/C18H15F3N2O4S/c1-25-11-7-9(8-12(26-2)15(11)27-3)16(24)23-17-22-14-10(18(19,20)21)5-4-6-13(14)28-17/h4-8H,1-3H3,(H,22,23,24). The number of amides is 1. The van der Waals surface area contributed by atoms with E-state index in [1.807, 2.05) is 0 Å². The summed E-state index contributed by atoms with van der Waals surface area (Å²) in [7, 11) is 4.25. The molecule has 3 rings (SSSR count). The Kier molecular flexibility index (Phi) is 5.32. The molecule has 0 aliphatic carbocycles. The summed E-state index contributed by atoms with van der Waals surface area (Å²) in [5, 5.41) is 2.56. The number of fused-ring (bicyclic) bond motifs is 1. The van der Waals surface area contributed by atoms with Crippen LogP contribution in [0.5, 0.6) is 17.2 Å². The predicted molar refractivity (Wildman–Crippen MR) is 98.7 cm³/mol. The van der Waals surface area contributed by atoms with Crippen molar-refractivity contribution in [3.8, 4) is 17.2 Å². The average Bonchev–Trinajstić information content (AvgIpc) is 3.07. The van der Waals surface area contributed by atoms with Crippen LogP contribution in [0.4, 0.5) is 18.3 Å². The van der Waals surface area contributed by atoms with Crippen LogP contribution in [0.15, 0.2) is 30.3 Å². The van der Waals surface area contributed by atoms with E-state index in [0.717, 1.165) is 17.4 Å². The molecule has 148 valence electrons. The normalized spacial score (nSPS) is 11.4. The number of carbonyl (C=O) groups is 1. The zero-order chi connectivity index (χ0) is 20.5. The van der Waals surface area contributed by atoms with E-state index >= 15 is 0 Å². The van der Waals surface area contributed by atoms with Gasteiger partial charge in [-0.2, -0.15) is 13.2 Å². The molecule has 3 aromatic rings. The molecule has 0 fully saturated rings. The fourth-order valence-corrected chi connectivity index (χ4v) is 3.50. The van der Waals surface area contributed by atoms with Gasteiger partial charge in [-0.3, -0.25) is 10.1 Å². The van der Waals surface area contributed by atoms with Gasteiger partial charge in [-0.05, 0) is 24.3 Å². The Morgan fingerprint density at radius 2 is 1.71 bits per heavy atom. The zero-order valence-corrected chi connectivity index (χ0v) is 15.8. The van der Waals surface area contributed by atoms with E-state index in [9.17, 15) is 18.0 Å². The van der Waals surface area contributed by atoms with Gasteiger partial charge in [-0.15, -0.1) is 0 Å². The molecule has 10 heteroatoms. The van der Waals surface area contributed by atoms with Crippen molar-refractivity contribution in [1.82, 2.24) is 4.98 Å². The zero-order valence-electron chi connectivity index (χ0n) is 15.0. The molecule has 1 amide bonds. The van der Waals surface area contributed by atoms with Gasteiger partial charge in [0.1, 0.15) is 0 Å². The van der Waals surface area contributed by atoms with Crippen molar-refractivity contribution in [3.05, 3.63) is 41.5 Å². The number of benzene rings is 2. The van der Waals surface area contributed by atoms with Crippen molar-refractivity contribution in [2.45, 2.75) is 6.18 Å². The van der Waals surface area contributed by atoms with E-state index in [0.29, 0.717) is 10.4 Å². The second-order valence-electron chi connectivity index (χ2n) is 5.54. The summed E-state index contributed by atoms with van der Waals surface area (Å²) in [6.07, 6.45) is -4.54. The van der Waals surface area contributed by atoms with Gasteiger partial charge in [-0.25, -0.2) is 4.98 Å². The van der Waals surface area contributed by atoms with E-state index in [4.69, 9.17) is 14.2 Å². The smallest absolute Gasteiger partial charge is 0.418 e. The molecule has 0 unspecified atom stereocenters. The highest BCUT2D eigenvalue weighted by atomic mass is 32.1. The molecule has 1 heterocycles. The Morgan fingerprint density at radius 3 is 2.25 bits per heavy atom. The van der Waals surface area contributed by atoms with E-state index in [1.54, 1.807) is 0 Å². The number of carbonyl (C=O) groups excluding carboxylic acids is 1. The van der Waals surface area contributed by atoms with Crippen molar-refractivity contribution in [2.24, 2.45) is 0 Å². The Balaban J connectivity index is 1.95. The average molecular weight is 412 g/mol. The molecular formula is C18H15F3N2O4S. The van der Waals surface area contributed by atoms with Crippen LogP contribution in [0.2, 0.25) is 0 Å². The summed E-state index contributed by atoms with van der Waals surface area (Å²) in [6, 6.07) is 6.63. The van der Waals surface area contributed by atoms with Crippen LogP contribution in [0.3, 0.4) is 0 Å². The summed E-state index contributed by atoms with van der Waals surface area (Å²) >= 11 is 0.948. The molecule has 0 saturated heterocycles. The minimum Gasteiger partial charge on any atom is -0.493 e. The molecule has 0 saturated carbocycles. The van der Waals surface area contributed by atoms with Crippen LogP contribution < -0.4 is 19.5 Å². The predicted octanol–water partition coefficient (Wildman–Crippen LogP) is 4.59. The SMILES string of the molecule is COc1cc(C(=O)Nc2nc3c(C(F)(F)F)cccc3s2)cc(OC)c1OC. The van der Waals surface area contributed by atoms with Crippen LogP contribution in [0, 0.1) is 0 Å². The second-order valence-corrected chi connectivity index (χ2v) is 6.57. The van der Waals surface area contributed by atoms with Gasteiger partial charge < -0.3 is 14.2 Å². The minimum absolute atomic E-state index is 0.0467. The minimum atomic E-state index is -4.54. The van der Waals surface area contributed by atoms with E-state index in [-0.39, 0.29) is 27.7 Å². The number of nitrogens with zero attached hydrogens (tertiary/aromatic N) is 1. The van der Waals surface area contributed by atoms with Crippen LogP contribution in [0.1, 0.15) is 15.9 Å². The maximum Gasteiger partial charge on any atom is 0.418 e. The lowest BCUT2D eigenvalue weighted by Gasteiger charge is -2.13. The van der Waals surface area contributed by atoms with Gasteiger partial charge in [0.25, 0.3) is 5.91 Å². The second kappa shape index (κ2) is 7.55. The summed E-state index contributed by atoms with van der Waals surface area (Å²) in [5.41, 5.74) is -0.889. The van der Waals surface area contributed by atoms with Gasteiger partial charge >= 0.3 is 6.18 Å². The number of aromatic nitrogens is 1. The van der Waals surface area contributed by atoms with E-state index < -0.39 is 17.6 Å². The summed E-state index contributed by atoms with van der Waals surface area (Å²) in [4.78, 5) is 16.5. The molecule has 1 aromatic heterocycles. The Hall–Kier alpha value is -3.01. The third kappa shape index (κ3) is 3.68. The number of rotatable bonds is 5. The number of nitrogens with one attached hydrogen (secondary N) is 1. The molecular weight excluding hydrogens is 397 g/mol. The monoisotopic (exact) mass is 412 g/mol. The molecule has 0 aliphatic heterocycles. The fraction of sp³-hybridized carbons (Fsp3) is 0.222. The molecule has 0 atom stereocenters. The number of alkyl halides is 3. The summed E-state index contributed by atoms with van der Waals surface area (Å²) in [6.45, 7) is 0. The number of hydrogen-bond donors (Lipinski definition) is 1. The number of thiazole rings is 1. The summed E-state index contributed by atoms with van der Waals surface area (Å²) < 4.78 is 55.3. The highest BCUT2D eigenvalue weighted by Gasteiger charge is 2.33. The lowest BCUT2D eigenvalue weighted by atomic mass is 10.1. The number of hydrogen-bond acceptors (Lipinski definition) is 6. The van der Waals surface area contributed by atoms with Gasteiger partial charge in [0.15, 0.2) is 16.6 Å². The molecule has 2 aromatic carbocycles. The fourth-order valence-electron chi connectivity index (χ4n) is 2.61. The lowest BCUT2D eigenvalue weighted by Crippen LogP contribution is -2.12. The molecule has 6 nitrogen and oxygen atoms in total. The van der Waals surface area contributed by atoms with Crippen LogP contribution >= 0.6 is 11.3 Å². The molecule has 1 N–H and O–H groups in total. The third-order valence-corrected chi connectivity index (χ3v) is 4.81. The van der Waals surface area contributed by atoms with E-state index in [2.05, 4.69) is 10.3 Å². The van der Waals surface area contributed by atoms with Crippen LogP contribution in [-0.4, -0.2) is 32.2 Å². The number of halogens is 3. The van der Waals surface area contributed by atoms with Crippen molar-refractivity contribution in [1.29, 1.82) is 0 Å². The number of para-hydroxylation sites is 1. The van der Waals surface area contributed by atoms with Gasteiger partial charge in [0.2, 0.25) is 5.75 Å². The van der Waals surface area contributed by atoms with Crippen molar-refractivity contribution < 1.29 is 32.2 Å². The first-order valence-corrected chi connectivity index (χ1v) is 8.68. The quantitative estimate of drug-likeness (QED) is 0.664. The molecule has 28 heavy (non-hydrogen) atoms. The van der Waals surface area contributed by atoms with Crippen LogP contribution in [-0.2, 0) is 6.18 Å². The van der Waals surface area contributed by atoms with Crippen molar-refractivity contribution in [3.63, 3.8) is 0 Å². The van der Waals surface area contributed by atoms with Crippen molar-refractivity contribution in [2.75, 3.05) is 26.6 Å². The Labute approximate surface area is 161 Å². The number of methoxy groups -OCH3 is 3. The maximum absolute atomic E-state index is 13.1. The first-order chi connectivity index (χ1) is 13.3. The topological polar surface area (TPSA) is 69.7 Å². The Bertz CT molecular complexity index is 1010. The van der Waals surface area contributed by atoms with Gasteiger partial charge in [0, 0.05) is 5.56 Å². The number of anilines is 1. The van der Waals surface area contributed by atoms with Crippen LogP contribution in [0.25, 0.3) is 10.2 Å². The van der Waals surface area contributed by atoms with Gasteiger partial charge in [-0.1, -0.05) is 17.4 Å². The molecule has 0 spiro atoms. The maximum atomic E-state index is 13.1.